The molecule has 0 aliphatic heterocycles. The van der Waals surface area contributed by atoms with Crippen molar-refractivity contribution in [1.82, 2.24) is 0 Å². The zero-order valence-corrected chi connectivity index (χ0v) is 39.6. The minimum atomic E-state index is -4.29. The summed E-state index contributed by atoms with van der Waals surface area (Å²) in [5.74, 6) is -0.341. The van der Waals surface area contributed by atoms with Gasteiger partial charge < -0.3 is 20.1 Å². The number of ether oxygens (including phenoxy) is 2. The van der Waals surface area contributed by atoms with Crippen molar-refractivity contribution < 1.29 is 32.8 Å². The van der Waals surface area contributed by atoms with Crippen LogP contribution in [0.15, 0.2) is 72.9 Å². The molecule has 348 valence electrons. The van der Waals surface area contributed by atoms with Crippen molar-refractivity contribution >= 4 is 13.8 Å². The largest absolute Gasteiger partial charge is 0.472 e. The molecule has 0 aliphatic carbocycles. The molecule has 0 amide bonds. The molecular weight excluding hydrogens is 770 g/mol. The van der Waals surface area contributed by atoms with Crippen LogP contribution in [-0.2, 0) is 27.9 Å². The van der Waals surface area contributed by atoms with E-state index in [-0.39, 0.29) is 32.3 Å². The second-order valence-corrected chi connectivity index (χ2v) is 17.4. The lowest BCUT2D eigenvalue weighted by molar-refractivity contribution is -0.154. The second-order valence-electron chi connectivity index (χ2n) is 15.9. The highest BCUT2D eigenvalue weighted by atomic mass is 31.2. The Bertz CT molecular complexity index is 1150. The van der Waals surface area contributed by atoms with Crippen LogP contribution in [0.3, 0.4) is 0 Å². The highest BCUT2D eigenvalue weighted by Crippen LogP contribution is 2.43. The van der Waals surface area contributed by atoms with E-state index in [0.717, 1.165) is 77.0 Å². The number of hydrogen-bond acceptors (Lipinski definition) is 7. The summed E-state index contributed by atoms with van der Waals surface area (Å²) in [7, 11) is -4.29. The van der Waals surface area contributed by atoms with E-state index >= 15 is 0 Å². The molecule has 0 fully saturated rings. The van der Waals surface area contributed by atoms with Crippen LogP contribution in [0.2, 0.25) is 0 Å². The Balaban J connectivity index is 4.00. The molecule has 0 heterocycles. The van der Waals surface area contributed by atoms with Crippen LogP contribution in [0.5, 0.6) is 0 Å². The molecule has 2 unspecified atom stereocenters. The van der Waals surface area contributed by atoms with E-state index in [2.05, 4.69) is 86.8 Å². The number of rotatable bonds is 46. The molecule has 0 bridgehead atoms. The van der Waals surface area contributed by atoms with Gasteiger partial charge in [-0.15, -0.1) is 0 Å². The van der Waals surface area contributed by atoms with Crippen molar-refractivity contribution in [2.24, 2.45) is 5.73 Å². The van der Waals surface area contributed by atoms with Crippen LogP contribution >= 0.6 is 7.82 Å². The van der Waals surface area contributed by atoms with Gasteiger partial charge in [0.2, 0.25) is 0 Å². The number of unbranched alkanes of at least 4 members (excludes halogenated alkanes) is 21. The highest BCUT2D eigenvalue weighted by molar-refractivity contribution is 7.47. The Morgan fingerprint density at radius 1 is 0.517 bits per heavy atom. The molecule has 0 radical (unpaired) electrons. The lowest BCUT2D eigenvalue weighted by Crippen LogP contribution is -2.28. The minimum Gasteiger partial charge on any atom is -0.457 e. The van der Waals surface area contributed by atoms with Crippen LogP contribution in [0, 0.1) is 0 Å². The van der Waals surface area contributed by atoms with Gasteiger partial charge >= 0.3 is 13.8 Å². The Hall–Kier alpha value is -2.06. The summed E-state index contributed by atoms with van der Waals surface area (Å²) < 4.78 is 33.5. The van der Waals surface area contributed by atoms with Gasteiger partial charge in [0.05, 0.1) is 19.8 Å². The lowest BCUT2D eigenvalue weighted by atomic mass is 10.0. The molecular formula is C51H92NO7P. The first kappa shape index (κ1) is 57.9. The summed E-state index contributed by atoms with van der Waals surface area (Å²) >= 11 is 0. The Labute approximate surface area is 369 Å². The summed E-state index contributed by atoms with van der Waals surface area (Å²) in [6.45, 7) is 4.75. The molecule has 0 spiro atoms. The van der Waals surface area contributed by atoms with Gasteiger partial charge in [0.15, 0.2) is 0 Å². The van der Waals surface area contributed by atoms with Crippen LogP contribution in [0.25, 0.3) is 0 Å². The van der Waals surface area contributed by atoms with E-state index in [1.54, 1.807) is 0 Å². The molecule has 9 heteroatoms. The summed E-state index contributed by atoms with van der Waals surface area (Å²) in [5, 5.41) is 0. The zero-order valence-electron chi connectivity index (χ0n) is 38.7. The van der Waals surface area contributed by atoms with Crippen LogP contribution in [-0.4, -0.2) is 49.9 Å². The van der Waals surface area contributed by atoms with Gasteiger partial charge in [-0.2, -0.15) is 0 Å². The van der Waals surface area contributed by atoms with Gasteiger partial charge in [-0.3, -0.25) is 13.8 Å². The van der Waals surface area contributed by atoms with Gasteiger partial charge in [-0.05, 0) is 83.5 Å². The topological polar surface area (TPSA) is 117 Å². The Morgan fingerprint density at radius 2 is 0.933 bits per heavy atom. The average Bonchev–Trinajstić information content (AvgIpc) is 3.24. The van der Waals surface area contributed by atoms with Gasteiger partial charge in [0.1, 0.15) is 6.10 Å². The van der Waals surface area contributed by atoms with E-state index in [0.29, 0.717) is 13.0 Å². The maximum atomic E-state index is 12.6. The third-order valence-electron chi connectivity index (χ3n) is 10.1. The quantitative estimate of drug-likeness (QED) is 0.0269. The van der Waals surface area contributed by atoms with Gasteiger partial charge in [0, 0.05) is 19.6 Å². The van der Waals surface area contributed by atoms with Crippen molar-refractivity contribution in [3.8, 4) is 0 Å². The predicted molar refractivity (Wildman–Crippen MR) is 256 cm³/mol. The van der Waals surface area contributed by atoms with E-state index < -0.39 is 13.9 Å². The summed E-state index contributed by atoms with van der Waals surface area (Å²) in [4.78, 5) is 22.6. The molecule has 3 N–H and O–H groups in total. The fourth-order valence-corrected chi connectivity index (χ4v) is 7.31. The van der Waals surface area contributed by atoms with Crippen molar-refractivity contribution in [1.29, 1.82) is 0 Å². The number of hydrogen-bond donors (Lipinski definition) is 2. The normalized spacial score (nSPS) is 14.0. The van der Waals surface area contributed by atoms with Gasteiger partial charge in [-0.1, -0.05) is 189 Å². The molecule has 0 aromatic carbocycles. The number of carbonyl (C=O) groups excluding carboxylic acids is 1. The Morgan fingerprint density at radius 3 is 1.40 bits per heavy atom. The molecule has 0 aromatic heterocycles. The molecule has 0 saturated heterocycles. The maximum Gasteiger partial charge on any atom is 0.472 e. The molecule has 2 atom stereocenters. The number of carbonyl (C=O) groups is 1. The standard InChI is InChI=1S/C51H92NO7P/c1-3-5-7-9-11-13-15-17-19-21-23-24-25-26-27-28-30-32-34-36-38-40-42-44-51(53)59-50(49-58-60(54,55)57-47-45-52)48-56-46-43-41-39-37-35-33-31-29-22-20-18-16-14-12-10-8-6-4-2/h6,8,12,14-15,17-18,20-21,23,29,31,50H,3-5,7,9-11,13,16,19,22,24-28,30,32-49,52H2,1-2H3,(H,54,55)/b8-6-,14-12-,17-15-,20-18-,23-21-,31-29-. The first-order valence-electron chi connectivity index (χ1n) is 24.4. The molecule has 0 rings (SSSR count). The van der Waals surface area contributed by atoms with Gasteiger partial charge in [-0.25, -0.2) is 4.57 Å². The van der Waals surface area contributed by atoms with E-state index in [1.807, 2.05) is 0 Å². The smallest absolute Gasteiger partial charge is 0.457 e. The summed E-state index contributed by atoms with van der Waals surface area (Å²) in [5.41, 5.74) is 5.38. The van der Waals surface area contributed by atoms with Crippen LogP contribution < -0.4 is 5.73 Å². The van der Waals surface area contributed by atoms with Crippen molar-refractivity contribution in [2.45, 2.75) is 213 Å². The highest BCUT2D eigenvalue weighted by Gasteiger charge is 2.25. The van der Waals surface area contributed by atoms with Crippen LogP contribution in [0.1, 0.15) is 206 Å². The number of allylic oxidation sites excluding steroid dienone is 12. The lowest BCUT2D eigenvalue weighted by Gasteiger charge is -2.20. The zero-order chi connectivity index (χ0) is 43.7. The average molecular weight is 862 g/mol. The minimum absolute atomic E-state index is 0.0934. The molecule has 0 aromatic rings. The second kappa shape index (κ2) is 48.0. The molecule has 0 saturated carbocycles. The van der Waals surface area contributed by atoms with Crippen molar-refractivity contribution in [3.05, 3.63) is 72.9 Å². The van der Waals surface area contributed by atoms with Crippen LogP contribution in [0.4, 0.5) is 0 Å². The number of esters is 1. The number of phosphoric ester groups is 1. The molecule has 60 heavy (non-hydrogen) atoms. The third-order valence-corrected chi connectivity index (χ3v) is 11.1. The number of phosphoric acid groups is 1. The van der Waals surface area contributed by atoms with E-state index in [9.17, 15) is 14.3 Å². The third kappa shape index (κ3) is 47.0. The summed E-state index contributed by atoms with van der Waals surface area (Å²) in [6, 6.07) is 0. The van der Waals surface area contributed by atoms with E-state index in [1.165, 1.54) is 109 Å². The fraction of sp³-hybridized carbons (Fsp3) is 0.745. The van der Waals surface area contributed by atoms with Crippen molar-refractivity contribution in [2.75, 3.05) is 33.0 Å². The Kier molecular flexibility index (Phi) is 46.3. The maximum absolute atomic E-state index is 12.6. The molecule has 8 nitrogen and oxygen atoms in total. The SMILES string of the molecule is CC/C=C\C/C=C\C/C=C\C/C=C\CCCCCCCOCC(COP(=O)(O)OCCN)OC(=O)CCCCCCCCCCCCC/C=C\C/C=C\CCCCCCC. The predicted octanol–water partition coefficient (Wildman–Crippen LogP) is 15.1. The van der Waals surface area contributed by atoms with Crippen molar-refractivity contribution in [3.63, 3.8) is 0 Å². The first-order valence-corrected chi connectivity index (χ1v) is 25.9. The van der Waals surface area contributed by atoms with E-state index in [4.69, 9.17) is 24.3 Å². The monoisotopic (exact) mass is 862 g/mol. The van der Waals surface area contributed by atoms with Gasteiger partial charge in [0.25, 0.3) is 0 Å². The number of nitrogens with two attached hydrogens (primary N) is 1. The summed E-state index contributed by atoms with van der Waals surface area (Å²) in [6.07, 6.45) is 60.7. The first-order chi connectivity index (χ1) is 29.4. The molecule has 0 aliphatic rings. The fourth-order valence-electron chi connectivity index (χ4n) is 6.55.